The maximum atomic E-state index is 14.7. The third kappa shape index (κ3) is 3.55. The maximum absolute atomic E-state index is 14.7. The Bertz CT molecular complexity index is 1250. The van der Waals surface area contributed by atoms with Crippen LogP contribution in [-0.4, -0.2) is 33.4 Å². The highest BCUT2D eigenvalue weighted by Crippen LogP contribution is 2.35. The number of aromatic carboxylic acids is 1. The number of aromatic nitrogens is 1. The number of hydrogen-bond donors (Lipinski definition) is 4. The number of nitrogens with zero attached hydrogens (tertiary/aromatic N) is 1. The van der Waals surface area contributed by atoms with Gasteiger partial charge in [0.2, 0.25) is 5.43 Å². The second kappa shape index (κ2) is 7.88. The fourth-order valence-corrected chi connectivity index (χ4v) is 3.26. The van der Waals surface area contributed by atoms with Gasteiger partial charge >= 0.3 is 5.97 Å². The lowest BCUT2D eigenvalue weighted by atomic mass is 10.1. The van der Waals surface area contributed by atoms with Gasteiger partial charge in [0.1, 0.15) is 23.0 Å². The summed E-state index contributed by atoms with van der Waals surface area (Å²) in [6.45, 7) is 1.16. The summed E-state index contributed by atoms with van der Waals surface area (Å²) >= 11 is 6.31. The zero-order valence-corrected chi connectivity index (χ0v) is 16.1. The number of carboxylic acids is 1. The van der Waals surface area contributed by atoms with E-state index in [1.54, 1.807) is 0 Å². The van der Waals surface area contributed by atoms with Crippen molar-refractivity contribution in [3.63, 3.8) is 0 Å². The number of nitrogens with one attached hydrogen (secondary N) is 1. The maximum Gasteiger partial charge on any atom is 0.341 e. The summed E-state index contributed by atoms with van der Waals surface area (Å²) in [4.78, 5) is 24.1. The molecule has 11 heteroatoms. The van der Waals surface area contributed by atoms with Gasteiger partial charge in [-0.25, -0.2) is 18.0 Å². The molecule has 0 aliphatic heterocycles. The van der Waals surface area contributed by atoms with Crippen molar-refractivity contribution >= 4 is 39.8 Å². The summed E-state index contributed by atoms with van der Waals surface area (Å²) in [6, 6.07) is 1.50. The Morgan fingerprint density at radius 3 is 2.50 bits per heavy atom. The summed E-state index contributed by atoms with van der Waals surface area (Å²) in [6.07, 6.45) is 0.797. The fourth-order valence-electron chi connectivity index (χ4n) is 2.92. The van der Waals surface area contributed by atoms with Crippen molar-refractivity contribution in [2.45, 2.75) is 13.0 Å². The molecule has 0 saturated heterocycles. The number of aliphatic hydroxyl groups is 1. The summed E-state index contributed by atoms with van der Waals surface area (Å²) in [7, 11) is 0. The van der Waals surface area contributed by atoms with Crippen LogP contribution < -0.4 is 16.5 Å². The van der Waals surface area contributed by atoms with Gasteiger partial charge in [-0.1, -0.05) is 11.6 Å². The summed E-state index contributed by atoms with van der Waals surface area (Å²) in [5.41, 5.74) is 2.30. The number of aliphatic hydroxyl groups excluding tert-OH is 1. The molecule has 1 heterocycles. The van der Waals surface area contributed by atoms with E-state index in [1.165, 1.54) is 6.92 Å². The van der Waals surface area contributed by atoms with E-state index in [0.717, 1.165) is 22.9 Å². The first-order valence-corrected chi connectivity index (χ1v) is 8.87. The molecule has 30 heavy (non-hydrogen) atoms. The molecule has 1 atom stereocenters. The van der Waals surface area contributed by atoms with Crippen molar-refractivity contribution in [2.24, 2.45) is 0 Å². The van der Waals surface area contributed by atoms with Crippen molar-refractivity contribution in [3.05, 3.63) is 62.7 Å². The molecule has 3 aromatic rings. The molecular weight excluding hydrogens is 427 g/mol. The van der Waals surface area contributed by atoms with E-state index in [9.17, 15) is 33.0 Å². The fraction of sp³-hybridized carbons (Fsp3) is 0.158. The molecule has 0 aliphatic rings. The average molecular weight is 442 g/mol. The monoisotopic (exact) mass is 441 g/mol. The molecule has 0 bridgehead atoms. The molecule has 1 aromatic heterocycles. The Morgan fingerprint density at radius 1 is 1.23 bits per heavy atom. The van der Waals surface area contributed by atoms with E-state index < -0.39 is 57.2 Å². The molecule has 3 rings (SSSR count). The number of halogens is 4. The number of pyridine rings is 1. The zero-order valence-electron chi connectivity index (χ0n) is 15.3. The molecule has 0 aliphatic carbocycles. The van der Waals surface area contributed by atoms with Gasteiger partial charge in [0.15, 0.2) is 0 Å². The Labute approximate surface area is 172 Å². The minimum atomic E-state index is -1.64. The minimum Gasteiger partial charge on any atom is -0.477 e. The van der Waals surface area contributed by atoms with Gasteiger partial charge in [-0.15, -0.1) is 0 Å². The number of rotatable bonds is 5. The van der Waals surface area contributed by atoms with Crippen LogP contribution in [0.3, 0.4) is 0 Å². The third-order valence-corrected chi connectivity index (χ3v) is 4.77. The van der Waals surface area contributed by atoms with Gasteiger partial charge in [0.05, 0.1) is 39.6 Å². The summed E-state index contributed by atoms with van der Waals surface area (Å²) < 4.78 is 43.7. The quantitative estimate of drug-likeness (QED) is 0.452. The molecule has 7 nitrogen and oxygen atoms in total. The average Bonchev–Trinajstić information content (AvgIpc) is 2.68. The van der Waals surface area contributed by atoms with Crippen LogP contribution in [0.5, 0.6) is 0 Å². The number of carboxylic acid groups (broad SMARTS) is 1. The molecule has 0 radical (unpaired) electrons. The van der Waals surface area contributed by atoms with Crippen LogP contribution >= 0.6 is 11.6 Å². The van der Waals surface area contributed by atoms with Crippen molar-refractivity contribution in [1.82, 2.24) is 4.57 Å². The van der Waals surface area contributed by atoms with Crippen LogP contribution in [-0.2, 0) is 0 Å². The molecule has 0 amide bonds. The van der Waals surface area contributed by atoms with Gasteiger partial charge in [-0.3, -0.25) is 4.79 Å². The smallest absolute Gasteiger partial charge is 0.341 e. The topological polar surface area (TPSA) is 118 Å². The first kappa shape index (κ1) is 21.5. The van der Waals surface area contributed by atoms with Gasteiger partial charge in [0, 0.05) is 18.3 Å². The number of nitrogens with two attached hydrogens (primary N) is 1. The van der Waals surface area contributed by atoms with Gasteiger partial charge in [0.25, 0.3) is 0 Å². The highest BCUT2D eigenvalue weighted by Gasteiger charge is 2.23. The number of hydrogen-bond acceptors (Lipinski definition) is 5. The molecule has 1 unspecified atom stereocenters. The van der Waals surface area contributed by atoms with Gasteiger partial charge < -0.3 is 25.8 Å². The predicted octanol–water partition coefficient (Wildman–Crippen LogP) is 3.13. The van der Waals surface area contributed by atoms with Crippen molar-refractivity contribution < 1.29 is 28.2 Å². The van der Waals surface area contributed by atoms with Crippen molar-refractivity contribution in [1.29, 1.82) is 0 Å². The first-order chi connectivity index (χ1) is 14.1. The summed E-state index contributed by atoms with van der Waals surface area (Å²) in [5.74, 6) is -4.80. The lowest BCUT2D eigenvalue weighted by Crippen LogP contribution is -2.22. The van der Waals surface area contributed by atoms with Crippen LogP contribution in [0.4, 0.5) is 24.5 Å². The van der Waals surface area contributed by atoms with Gasteiger partial charge in [-0.05, 0) is 19.1 Å². The molecule has 2 aromatic carbocycles. The highest BCUT2D eigenvalue weighted by molar-refractivity contribution is 6.38. The first-order valence-electron chi connectivity index (χ1n) is 8.49. The van der Waals surface area contributed by atoms with Crippen molar-refractivity contribution in [3.8, 4) is 5.69 Å². The van der Waals surface area contributed by atoms with Gasteiger partial charge in [-0.2, -0.15) is 0 Å². The number of fused-ring (bicyclic) bond motifs is 1. The molecule has 0 spiro atoms. The van der Waals surface area contributed by atoms with E-state index in [-0.39, 0.29) is 22.8 Å². The van der Waals surface area contributed by atoms with Crippen LogP contribution in [0.2, 0.25) is 5.02 Å². The molecule has 5 N–H and O–H groups in total. The SMILES string of the molecule is CC(CO)Nc1c(F)cc2c(=O)c(C(=O)O)cn(-c3cc(N)c(F)cc3F)c2c1Cl. The lowest BCUT2D eigenvalue weighted by Gasteiger charge is -2.19. The van der Waals surface area contributed by atoms with E-state index in [4.69, 9.17) is 17.3 Å². The largest absolute Gasteiger partial charge is 0.477 e. The number of anilines is 2. The van der Waals surface area contributed by atoms with E-state index in [2.05, 4.69) is 5.32 Å². The second-order valence-corrected chi connectivity index (χ2v) is 6.92. The molecule has 0 saturated carbocycles. The Morgan fingerprint density at radius 2 is 1.90 bits per heavy atom. The standard InChI is InChI=1S/C19H15ClF3N3O4/c1-7(6-27)25-16-12(23)2-8-17(15(16)20)26(5-9(18(8)28)19(29)30)14-4-13(24)10(21)3-11(14)22/h2-5,7,25,27H,6,24H2,1H3,(H,29,30). The number of nitrogen functional groups attached to an aromatic ring is 1. The Balaban J connectivity index is 2.50. The van der Waals surface area contributed by atoms with Crippen molar-refractivity contribution in [2.75, 3.05) is 17.7 Å². The zero-order chi connectivity index (χ0) is 22.3. The second-order valence-electron chi connectivity index (χ2n) is 6.54. The van der Waals surface area contributed by atoms with Crippen LogP contribution in [0.1, 0.15) is 17.3 Å². The minimum absolute atomic E-state index is 0.231. The number of benzene rings is 2. The normalized spacial score (nSPS) is 12.2. The van der Waals surface area contributed by atoms with E-state index >= 15 is 0 Å². The Kier molecular flexibility index (Phi) is 5.64. The van der Waals surface area contributed by atoms with E-state index in [1.807, 2.05) is 0 Å². The number of carbonyl (C=O) groups is 1. The molecule has 158 valence electrons. The van der Waals surface area contributed by atoms with Crippen LogP contribution in [0, 0.1) is 17.5 Å². The predicted molar refractivity (Wildman–Crippen MR) is 106 cm³/mol. The highest BCUT2D eigenvalue weighted by atomic mass is 35.5. The lowest BCUT2D eigenvalue weighted by molar-refractivity contribution is 0.0695. The Hall–Kier alpha value is -3.24. The summed E-state index contributed by atoms with van der Waals surface area (Å²) in [5, 5.41) is 20.4. The van der Waals surface area contributed by atoms with E-state index in [0.29, 0.717) is 6.07 Å². The third-order valence-electron chi connectivity index (χ3n) is 4.40. The van der Waals surface area contributed by atoms with Crippen LogP contribution in [0.15, 0.2) is 29.2 Å². The molecule has 0 fully saturated rings. The van der Waals surface area contributed by atoms with Crippen LogP contribution in [0.25, 0.3) is 16.6 Å². The molecular formula is C19H15ClF3N3O4.